The van der Waals surface area contributed by atoms with E-state index in [1.807, 2.05) is 65.0 Å². The normalized spacial score (nSPS) is 15.4. The van der Waals surface area contributed by atoms with E-state index >= 15 is 0 Å². The summed E-state index contributed by atoms with van der Waals surface area (Å²) in [5, 5.41) is 16.8. The molecule has 0 saturated carbocycles. The Morgan fingerprint density at radius 2 is 1.87 bits per heavy atom. The molecule has 0 aliphatic carbocycles. The van der Waals surface area contributed by atoms with E-state index in [4.69, 9.17) is 11.6 Å². The number of aryl methyl sites for hydroxylation is 2. The van der Waals surface area contributed by atoms with Crippen molar-refractivity contribution < 1.29 is 9.90 Å². The van der Waals surface area contributed by atoms with Crippen molar-refractivity contribution in [3.05, 3.63) is 94.1 Å². The number of carbonyl (C=O) groups is 1. The molecular formula is C25H22ClN3O2. The van der Waals surface area contributed by atoms with Crippen molar-refractivity contribution >= 4 is 28.4 Å². The number of benzene rings is 3. The number of phenolic OH excluding ortho intramolecular Hbond substituents is 1. The van der Waals surface area contributed by atoms with Gasteiger partial charge in [-0.3, -0.25) is 9.48 Å². The number of carbonyl (C=O) groups excluding carboxylic acids is 1. The molecule has 2 heterocycles. The highest BCUT2D eigenvalue weighted by atomic mass is 35.5. The number of rotatable bonds is 4. The van der Waals surface area contributed by atoms with E-state index in [-0.39, 0.29) is 17.7 Å². The van der Waals surface area contributed by atoms with Crippen molar-refractivity contribution in [3.8, 4) is 5.75 Å². The van der Waals surface area contributed by atoms with Gasteiger partial charge in [-0.1, -0.05) is 54.1 Å². The molecule has 1 aliphatic rings. The van der Waals surface area contributed by atoms with Crippen LogP contribution in [0, 0.1) is 6.92 Å². The van der Waals surface area contributed by atoms with Crippen LogP contribution in [0.1, 0.15) is 34.8 Å². The number of amides is 1. The average Bonchev–Trinajstić information content (AvgIpc) is 3.32. The molecule has 1 amide bonds. The van der Waals surface area contributed by atoms with Gasteiger partial charge < -0.3 is 10.0 Å². The zero-order chi connectivity index (χ0) is 21.5. The van der Waals surface area contributed by atoms with Crippen LogP contribution in [0.4, 0.5) is 0 Å². The van der Waals surface area contributed by atoms with Crippen molar-refractivity contribution in [2.75, 3.05) is 0 Å². The highest BCUT2D eigenvalue weighted by Gasteiger charge is 2.35. The maximum Gasteiger partial charge on any atom is 0.225 e. The third-order valence-corrected chi connectivity index (χ3v) is 6.22. The van der Waals surface area contributed by atoms with Crippen LogP contribution in [0.3, 0.4) is 0 Å². The van der Waals surface area contributed by atoms with Crippen molar-refractivity contribution in [1.29, 1.82) is 0 Å². The number of aromatic nitrogens is 2. The second-order valence-electron chi connectivity index (χ2n) is 7.90. The smallest absolute Gasteiger partial charge is 0.225 e. The minimum Gasteiger partial charge on any atom is -0.508 e. The minimum atomic E-state index is -0.362. The molecule has 0 bridgehead atoms. The molecule has 5 rings (SSSR count). The summed E-state index contributed by atoms with van der Waals surface area (Å²) in [6, 6.07) is 20.6. The van der Waals surface area contributed by atoms with E-state index in [2.05, 4.69) is 5.10 Å². The van der Waals surface area contributed by atoms with Crippen LogP contribution in [-0.2, 0) is 17.9 Å². The quantitative estimate of drug-likeness (QED) is 0.481. The molecule has 1 aliphatic heterocycles. The van der Waals surface area contributed by atoms with E-state index in [0.29, 0.717) is 30.1 Å². The first-order chi connectivity index (χ1) is 15.0. The summed E-state index contributed by atoms with van der Waals surface area (Å²) in [4.78, 5) is 15.2. The maximum absolute atomic E-state index is 13.4. The van der Waals surface area contributed by atoms with Crippen LogP contribution in [0.2, 0.25) is 5.02 Å². The fourth-order valence-corrected chi connectivity index (χ4v) is 4.69. The molecule has 0 saturated heterocycles. The van der Waals surface area contributed by atoms with Gasteiger partial charge in [0.05, 0.1) is 23.8 Å². The zero-order valence-electron chi connectivity index (χ0n) is 17.1. The molecule has 156 valence electrons. The summed E-state index contributed by atoms with van der Waals surface area (Å²) in [7, 11) is 0. The Labute approximate surface area is 185 Å². The van der Waals surface area contributed by atoms with Crippen LogP contribution in [0.5, 0.6) is 5.75 Å². The molecule has 3 aromatic carbocycles. The van der Waals surface area contributed by atoms with Gasteiger partial charge in [0.1, 0.15) is 5.75 Å². The second-order valence-corrected chi connectivity index (χ2v) is 8.34. The van der Waals surface area contributed by atoms with Gasteiger partial charge in [0.15, 0.2) is 0 Å². The van der Waals surface area contributed by atoms with E-state index < -0.39 is 0 Å². The van der Waals surface area contributed by atoms with Gasteiger partial charge in [-0.05, 0) is 42.3 Å². The predicted molar refractivity (Wildman–Crippen MR) is 121 cm³/mol. The number of para-hydroxylation sites is 1. The van der Waals surface area contributed by atoms with Gasteiger partial charge in [0, 0.05) is 28.9 Å². The zero-order valence-corrected chi connectivity index (χ0v) is 17.9. The summed E-state index contributed by atoms with van der Waals surface area (Å²) in [5.74, 6) is 0.149. The molecule has 1 unspecified atom stereocenters. The lowest BCUT2D eigenvalue weighted by Gasteiger charge is -2.26. The van der Waals surface area contributed by atoms with Crippen LogP contribution in [0.25, 0.3) is 10.9 Å². The Bertz CT molecular complexity index is 1300. The van der Waals surface area contributed by atoms with Gasteiger partial charge in [0.2, 0.25) is 5.91 Å². The largest absolute Gasteiger partial charge is 0.508 e. The summed E-state index contributed by atoms with van der Waals surface area (Å²) in [6.07, 6.45) is 0.316. The maximum atomic E-state index is 13.4. The lowest BCUT2D eigenvalue weighted by atomic mass is 9.97. The summed E-state index contributed by atoms with van der Waals surface area (Å²) >= 11 is 6.22. The number of halogens is 1. The van der Waals surface area contributed by atoms with Crippen molar-refractivity contribution in [1.82, 2.24) is 14.7 Å². The SMILES string of the molecule is Cc1nn(CCC(=O)N2Cc3ccccc3C2c2cc(Cl)ccc2O)c2ccccc12. The molecule has 0 fully saturated rings. The first kappa shape index (κ1) is 19.6. The number of hydrogen-bond acceptors (Lipinski definition) is 3. The van der Waals surface area contributed by atoms with Gasteiger partial charge in [-0.25, -0.2) is 0 Å². The molecule has 5 nitrogen and oxygen atoms in total. The molecule has 1 atom stereocenters. The molecule has 1 N–H and O–H groups in total. The second kappa shape index (κ2) is 7.75. The molecule has 6 heteroatoms. The molecule has 31 heavy (non-hydrogen) atoms. The van der Waals surface area contributed by atoms with E-state index in [0.717, 1.165) is 27.7 Å². The lowest BCUT2D eigenvalue weighted by molar-refractivity contribution is -0.133. The first-order valence-corrected chi connectivity index (χ1v) is 10.7. The van der Waals surface area contributed by atoms with Gasteiger partial charge in [-0.15, -0.1) is 0 Å². The summed E-state index contributed by atoms with van der Waals surface area (Å²) in [6.45, 7) is 2.98. The standard InChI is InChI=1S/C25H22ClN3O2/c1-16-19-7-4-5-9-22(19)29(27-16)13-12-24(31)28-15-17-6-2-3-8-20(17)25(28)21-14-18(26)10-11-23(21)30/h2-11,14,25,30H,12-13,15H2,1H3. The molecular weight excluding hydrogens is 410 g/mol. The number of hydrogen-bond donors (Lipinski definition) is 1. The summed E-state index contributed by atoms with van der Waals surface area (Å²) < 4.78 is 1.90. The van der Waals surface area contributed by atoms with E-state index in [1.165, 1.54) is 0 Å². The monoisotopic (exact) mass is 431 g/mol. The topological polar surface area (TPSA) is 58.4 Å². The minimum absolute atomic E-state index is 0.0119. The van der Waals surface area contributed by atoms with Gasteiger partial charge in [-0.2, -0.15) is 5.10 Å². The third-order valence-electron chi connectivity index (χ3n) is 5.99. The lowest BCUT2D eigenvalue weighted by Crippen LogP contribution is -2.31. The Kier molecular flexibility index (Phi) is 4.91. The number of aromatic hydroxyl groups is 1. The third kappa shape index (κ3) is 3.45. The number of nitrogens with zero attached hydrogens (tertiary/aromatic N) is 3. The van der Waals surface area contributed by atoms with Crippen LogP contribution >= 0.6 is 11.6 Å². The van der Waals surface area contributed by atoms with Crippen molar-refractivity contribution in [2.24, 2.45) is 0 Å². The van der Waals surface area contributed by atoms with Gasteiger partial charge >= 0.3 is 0 Å². The average molecular weight is 432 g/mol. The molecule has 4 aromatic rings. The Hall–Kier alpha value is -3.31. The Balaban J connectivity index is 1.45. The first-order valence-electron chi connectivity index (χ1n) is 10.3. The number of fused-ring (bicyclic) bond motifs is 2. The van der Waals surface area contributed by atoms with Crippen LogP contribution in [0.15, 0.2) is 66.7 Å². The fourth-order valence-electron chi connectivity index (χ4n) is 4.51. The van der Waals surface area contributed by atoms with Crippen molar-refractivity contribution in [3.63, 3.8) is 0 Å². The molecule has 0 spiro atoms. The van der Waals surface area contributed by atoms with Crippen LogP contribution < -0.4 is 0 Å². The fraction of sp³-hybridized carbons (Fsp3) is 0.200. The molecule has 0 radical (unpaired) electrons. The van der Waals surface area contributed by atoms with Crippen LogP contribution in [-0.4, -0.2) is 25.7 Å². The molecule has 1 aromatic heterocycles. The highest BCUT2D eigenvalue weighted by molar-refractivity contribution is 6.30. The van der Waals surface area contributed by atoms with E-state index in [1.54, 1.807) is 18.2 Å². The van der Waals surface area contributed by atoms with Crippen molar-refractivity contribution in [2.45, 2.75) is 32.5 Å². The Morgan fingerprint density at radius 3 is 2.74 bits per heavy atom. The Morgan fingerprint density at radius 1 is 1.10 bits per heavy atom. The van der Waals surface area contributed by atoms with Gasteiger partial charge in [0.25, 0.3) is 0 Å². The highest BCUT2D eigenvalue weighted by Crippen LogP contribution is 2.42. The summed E-state index contributed by atoms with van der Waals surface area (Å²) in [5.41, 5.74) is 4.74. The number of phenols is 1. The predicted octanol–water partition coefficient (Wildman–Crippen LogP) is 5.23. The van der Waals surface area contributed by atoms with E-state index in [9.17, 15) is 9.90 Å².